The standard InChI is InChI=1S/C33H61NO12/c1-3-31(2)30-45-27-26-43-23-22-41-19-18-39-15-14-37-11-10-35-8-9-36-12-13-38-16-17-40-20-21-42-24-25-44-28-29-46-33-7-5-4-6-32(33)34/h4-7,31H,3,8-30,34H2,1-2H3. The number of nitrogen functional groups attached to an aromatic ring is 1. The van der Waals surface area contributed by atoms with Gasteiger partial charge < -0.3 is 62.6 Å². The Balaban J connectivity index is 1.63. The van der Waals surface area contributed by atoms with E-state index in [2.05, 4.69) is 13.8 Å². The van der Waals surface area contributed by atoms with E-state index in [9.17, 15) is 0 Å². The van der Waals surface area contributed by atoms with Gasteiger partial charge in [-0.25, -0.2) is 0 Å². The summed E-state index contributed by atoms with van der Waals surface area (Å²) >= 11 is 0. The summed E-state index contributed by atoms with van der Waals surface area (Å²) in [6, 6.07) is 7.38. The maximum Gasteiger partial charge on any atom is 0.142 e. The average Bonchev–Trinajstić information content (AvgIpc) is 3.07. The van der Waals surface area contributed by atoms with Gasteiger partial charge in [0.15, 0.2) is 0 Å². The Hall–Kier alpha value is -1.62. The van der Waals surface area contributed by atoms with Gasteiger partial charge in [-0.3, -0.25) is 0 Å². The van der Waals surface area contributed by atoms with E-state index in [1.54, 1.807) is 6.07 Å². The minimum atomic E-state index is 0.439. The van der Waals surface area contributed by atoms with Crippen molar-refractivity contribution in [3.8, 4) is 5.75 Å². The van der Waals surface area contributed by atoms with Crippen LogP contribution in [0.1, 0.15) is 20.3 Å². The SMILES string of the molecule is CCC(C)COCCOCCOCCOCCOCCOCCOCCOCCOCCOCCOCCOc1ccccc1N. The quantitative estimate of drug-likeness (QED) is 0.0826. The molecule has 1 unspecified atom stereocenters. The summed E-state index contributed by atoms with van der Waals surface area (Å²) in [5.74, 6) is 1.27. The summed E-state index contributed by atoms with van der Waals surface area (Å²) in [5, 5.41) is 0. The molecule has 0 heterocycles. The first-order valence-electron chi connectivity index (χ1n) is 16.6. The van der Waals surface area contributed by atoms with E-state index >= 15 is 0 Å². The highest BCUT2D eigenvalue weighted by Gasteiger charge is 2.00. The lowest BCUT2D eigenvalue weighted by Gasteiger charge is -2.10. The van der Waals surface area contributed by atoms with Crippen LogP contribution in [-0.4, -0.2) is 152 Å². The van der Waals surface area contributed by atoms with Crippen LogP contribution in [0.4, 0.5) is 5.69 Å². The highest BCUT2D eigenvalue weighted by atomic mass is 16.6. The molecule has 0 fully saturated rings. The second kappa shape index (κ2) is 34.7. The molecule has 2 N–H and O–H groups in total. The lowest BCUT2D eigenvalue weighted by atomic mass is 10.1. The molecule has 13 nitrogen and oxygen atoms in total. The third kappa shape index (κ3) is 29.8. The number of para-hydroxylation sites is 2. The Kier molecular flexibility index (Phi) is 32.0. The first-order valence-corrected chi connectivity index (χ1v) is 16.6. The number of benzene rings is 1. The van der Waals surface area contributed by atoms with Gasteiger partial charge in [0.05, 0.1) is 144 Å². The molecule has 1 aromatic carbocycles. The second-order valence-electron chi connectivity index (χ2n) is 10.1. The minimum absolute atomic E-state index is 0.439. The van der Waals surface area contributed by atoms with Gasteiger partial charge in [-0.15, -0.1) is 0 Å². The molecule has 270 valence electrons. The summed E-state index contributed by atoms with van der Waals surface area (Å²) in [6.07, 6.45) is 1.13. The van der Waals surface area contributed by atoms with Crippen LogP contribution in [0.15, 0.2) is 24.3 Å². The first kappa shape index (κ1) is 42.4. The van der Waals surface area contributed by atoms with Crippen LogP contribution < -0.4 is 10.5 Å². The predicted octanol–water partition coefficient (Wildman–Crippen LogP) is 2.88. The largest absolute Gasteiger partial charge is 0.489 e. The third-order valence-corrected chi connectivity index (χ3v) is 6.22. The lowest BCUT2D eigenvalue weighted by molar-refractivity contribution is -0.0280. The smallest absolute Gasteiger partial charge is 0.142 e. The van der Waals surface area contributed by atoms with E-state index in [0.29, 0.717) is 163 Å². The monoisotopic (exact) mass is 663 g/mol. The molecule has 0 aliphatic carbocycles. The topological polar surface area (TPSA) is 137 Å². The maximum absolute atomic E-state index is 5.82. The molecule has 0 saturated heterocycles. The molecule has 0 aromatic heterocycles. The molecule has 0 saturated carbocycles. The number of ether oxygens (including phenoxy) is 12. The van der Waals surface area contributed by atoms with Crippen LogP contribution in [-0.2, 0) is 52.1 Å². The summed E-state index contributed by atoms with van der Waals surface area (Å²) in [4.78, 5) is 0. The fraction of sp³-hybridized carbons (Fsp3) is 0.818. The lowest BCUT2D eigenvalue weighted by Crippen LogP contribution is -2.15. The van der Waals surface area contributed by atoms with E-state index in [0.717, 1.165) is 13.0 Å². The predicted molar refractivity (Wildman–Crippen MR) is 175 cm³/mol. The van der Waals surface area contributed by atoms with E-state index in [1.165, 1.54) is 0 Å². The zero-order valence-corrected chi connectivity index (χ0v) is 28.3. The third-order valence-electron chi connectivity index (χ3n) is 6.22. The molecule has 46 heavy (non-hydrogen) atoms. The molecule has 13 heteroatoms. The minimum Gasteiger partial charge on any atom is -0.489 e. The number of rotatable bonds is 37. The van der Waals surface area contributed by atoms with Crippen molar-refractivity contribution in [1.29, 1.82) is 0 Å². The number of nitrogens with two attached hydrogens (primary N) is 1. The van der Waals surface area contributed by atoms with Crippen molar-refractivity contribution in [2.24, 2.45) is 5.92 Å². The normalized spacial score (nSPS) is 12.1. The van der Waals surface area contributed by atoms with Gasteiger partial charge in [0.1, 0.15) is 12.4 Å². The Bertz CT molecular complexity index is 748. The fourth-order valence-corrected chi connectivity index (χ4v) is 3.42. The van der Waals surface area contributed by atoms with Crippen LogP contribution in [0.5, 0.6) is 5.75 Å². The maximum atomic E-state index is 5.82. The van der Waals surface area contributed by atoms with Crippen molar-refractivity contribution in [2.75, 3.05) is 158 Å². The summed E-state index contributed by atoms with van der Waals surface area (Å²) < 4.78 is 65.9. The Morgan fingerprint density at radius 2 is 0.717 bits per heavy atom. The zero-order chi connectivity index (χ0) is 33.0. The molecule has 0 radical (unpaired) electrons. The molecule has 1 atom stereocenters. The number of anilines is 1. The van der Waals surface area contributed by atoms with Crippen molar-refractivity contribution in [2.45, 2.75) is 20.3 Å². The first-order chi connectivity index (χ1) is 22.7. The Morgan fingerprint density at radius 1 is 0.435 bits per heavy atom. The van der Waals surface area contributed by atoms with E-state index in [4.69, 9.17) is 62.6 Å². The molecule has 0 aliphatic heterocycles. The van der Waals surface area contributed by atoms with Crippen molar-refractivity contribution in [3.05, 3.63) is 24.3 Å². The van der Waals surface area contributed by atoms with Gasteiger partial charge in [-0.05, 0) is 18.1 Å². The van der Waals surface area contributed by atoms with E-state index < -0.39 is 0 Å². The molecule has 1 aromatic rings. The van der Waals surface area contributed by atoms with Crippen LogP contribution in [0.25, 0.3) is 0 Å². The number of hydrogen-bond acceptors (Lipinski definition) is 13. The summed E-state index contributed by atoms with van der Waals surface area (Å²) in [7, 11) is 0. The molecule has 0 spiro atoms. The van der Waals surface area contributed by atoms with Crippen LogP contribution >= 0.6 is 0 Å². The molecule has 0 amide bonds. The molecule has 0 bridgehead atoms. The van der Waals surface area contributed by atoms with Gasteiger partial charge in [-0.1, -0.05) is 32.4 Å². The zero-order valence-electron chi connectivity index (χ0n) is 28.3. The van der Waals surface area contributed by atoms with Crippen molar-refractivity contribution >= 4 is 5.69 Å². The van der Waals surface area contributed by atoms with Gasteiger partial charge in [0, 0.05) is 6.61 Å². The molecular weight excluding hydrogens is 602 g/mol. The Labute approximate surface area is 276 Å². The van der Waals surface area contributed by atoms with Crippen LogP contribution in [0.3, 0.4) is 0 Å². The highest BCUT2D eigenvalue weighted by Crippen LogP contribution is 2.19. The fourth-order valence-electron chi connectivity index (χ4n) is 3.42. The molecule has 1 rings (SSSR count). The summed E-state index contributed by atoms with van der Waals surface area (Å²) in [6.45, 7) is 16.6. The Morgan fingerprint density at radius 3 is 1.02 bits per heavy atom. The van der Waals surface area contributed by atoms with Gasteiger partial charge >= 0.3 is 0 Å². The van der Waals surface area contributed by atoms with Gasteiger partial charge in [0.25, 0.3) is 0 Å². The molecular formula is C33H61NO12. The number of hydrogen-bond donors (Lipinski definition) is 1. The average molecular weight is 664 g/mol. The second-order valence-corrected chi connectivity index (χ2v) is 10.1. The van der Waals surface area contributed by atoms with Crippen LogP contribution in [0, 0.1) is 5.92 Å². The van der Waals surface area contributed by atoms with Crippen molar-refractivity contribution in [3.63, 3.8) is 0 Å². The van der Waals surface area contributed by atoms with E-state index in [1.807, 2.05) is 18.2 Å². The molecule has 0 aliphatic rings. The highest BCUT2D eigenvalue weighted by molar-refractivity contribution is 5.51. The summed E-state index contributed by atoms with van der Waals surface area (Å²) in [5.41, 5.74) is 6.44. The van der Waals surface area contributed by atoms with Gasteiger partial charge in [0.2, 0.25) is 0 Å². The van der Waals surface area contributed by atoms with E-state index in [-0.39, 0.29) is 0 Å². The van der Waals surface area contributed by atoms with Crippen molar-refractivity contribution < 1.29 is 56.8 Å². The van der Waals surface area contributed by atoms with Crippen molar-refractivity contribution in [1.82, 2.24) is 0 Å². The van der Waals surface area contributed by atoms with Crippen LogP contribution in [0.2, 0.25) is 0 Å². The van der Waals surface area contributed by atoms with Gasteiger partial charge in [-0.2, -0.15) is 0 Å².